The zero-order valence-electron chi connectivity index (χ0n) is 12.1. The summed E-state index contributed by atoms with van der Waals surface area (Å²) in [5.74, 6) is 1.52. The van der Waals surface area contributed by atoms with Crippen LogP contribution < -0.4 is 15.2 Å². The van der Waals surface area contributed by atoms with Crippen LogP contribution in [0, 0.1) is 0 Å². The van der Waals surface area contributed by atoms with Crippen LogP contribution >= 0.6 is 0 Å². The maximum atomic E-state index is 6.47. The molecule has 1 heterocycles. The van der Waals surface area contributed by atoms with Crippen molar-refractivity contribution in [2.45, 2.75) is 31.8 Å². The van der Waals surface area contributed by atoms with Gasteiger partial charge in [0.2, 0.25) is 0 Å². The summed E-state index contributed by atoms with van der Waals surface area (Å²) in [5, 5.41) is 0. The fourth-order valence-corrected chi connectivity index (χ4v) is 2.74. The van der Waals surface area contributed by atoms with E-state index in [1.807, 2.05) is 12.1 Å². The van der Waals surface area contributed by atoms with E-state index in [1.54, 1.807) is 14.2 Å². The average molecular weight is 264 g/mol. The molecule has 2 N–H and O–H groups in total. The lowest BCUT2D eigenvalue weighted by Gasteiger charge is -2.35. The molecule has 0 amide bonds. The molecule has 1 aliphatic rings. The van der Waals surface area contributed by atoms with Crippen molar-refractivity contribution in [3.05, 3.63) is 23.8 Å². The van der Waals surface area contributed by atoms with Crippen molar-refractivity contribution in [2.75, 3.05) is 27.3 Å². The lowest BCUT2D eigenvalue weighted by atomic mass is 10.0. The molecule has 2 rings (SSSR count). The van der Waals surface area contributed by atoms with Crippen LogP contribution in [0.4, 0.5) is 0 Å². The molecule has 1 atom stereocenters. The number of ether oxygens (including phenoxy) is 2. The van der Waals surface area contributed by atoms with Gasteiger partial charge < -0.3 is 15.2 Å². The standard InChI is InChI=1S/C15H24N2O2/c1-15(16,17-8-4-5-9-17)11-12-6-7-13(18-2)14(10-12)19-3/h6-7,10H,4-5,8-9,11,16H2,1-3H3. The van der Waals surface area contributed by atoms with Gasteiger partial charge in [-0.15, -0.1) is 0 Å². The molecule has 0 saturated carbocycles. The minimum absolute atomic E-state index is 0.296. The number of benzene rings is 1. The maximum absolute atomic E-state index is 6.47. The predicted octanol–water partition coefficient (Wildman–Crippen LogP) is 2.02. The number of nitrogens with two attached hydrogens (primary N) is 1. The Kier molecular flexibility index (Phi) is 4.32. The summed E-state index contributed by atoms with van der Waals surface area (Å²) in [4.78, 5) is 2.36. The number of likely N-dealkylation sites (tertiary alicyclic amines) is 1. The van der Waals surface area contributed by atoms with Crippen molar-refractivity contribution < 1.29 is 9.47 Å². The van der Waals surface area contributed by atoms with Crippen molar-refractivity contribution in [3.8, 4) is 11.5 Å². The quantitative estimate of drug-likeness (QED) is 0.884. The third kappa shape index (κ3) is 3.19. The van der Waals surface area contributed by atoms with Gasteiger partial charge in [0.05, 0.1) is 19.9 Å². The normalized spacial score (nSPS) is 19.2. The molecular weight excluding hydrogens is 240 g/mol. The highest BCUT2D eigenvalue weighted by atomic mass is 16.5. The van der Waals surface area contributed by atoms with E-state index >= 15 is 0 Å². The summed E-state index contributed by atoms with van der Waals surface area (Å²) in [6.07, 6.45) is 3.31. The van der Waals surface area contributed by atoms with Crippen LogP contribution in [0.25, 0.3) is 0 Å². The first-order chi connectivity index (χ1) is 9.06. The first-order valence-electron chi connectivity index (χ1n) is 6.81. The second-order valence-corrected chi connectivity index (χ2v) is 5.42. The molecule has 19 heavy (non-hydrogen) atoms. The zero-order chi connectivity index (χ0) is 13.9. The first kappa shape index (κ1) is 14.2. The highest BCUT2D eigenvalue weighted by molar-refractivity contribution is 5.43. The van der Waals surface area contributed by atoms with E-state index in [4.69, 9.17) is 15.2 Å². The molecule has 0 radical (unpaired) electrons. The van der Waals surface area contributed by atoms with Crippen LogP contribution in [0.2, 0.25) is 0 Å². The van der Waals surface area contributed by atoms with E-state index in [1.165, 1.54) is 18.4 Å². The van der Waals surface area contributed by atoms with Crippen LogP contribution in [0.15, 0.2) is 18.2 Å². The molecule has 0 bridgehead atoms. The van der Waals surface area contributed by atoms with Gasteiger partial charge in [-0.05, 0) is 50.6 Å². The second kappa shape index (κ2) is 5.80. The summed E-state index contributed by atoms with van der Waals surface area (Å²) in [7, 11) is 3.30. The fraction of sp³-hybridized carbons (Fsp3) is 0.600. The summed E-state index contributed by atoms with van der Waals surface area (Å²) in [5.41, 5.74) is 7.35. The number of rotatable bonds is 5. The van der Waals surface area contributed by atoms with E-state index in [0.29, 0.717) is 0 Å². The predicted molar refractivity (Wildman–Crippen MR) is 76.6 cm³/mol. The van der Waals surface area contributed by atoms with Gasteiger partial charge in [-0.3, -0.25) is 4.90 Å². The topological polar surface area (TPSA) is 47.7 Å². The Bertz CT molecular complexity index is 426. The highest BCUT2D eigenvalue weighted by Crippen LogP contribution is 2.29. The minimum atomic E-state index is -0.296. The zero-order valence-corrected chi connectivity index (χ0v) is 12.1. The van der Waals surface area contributed by atoms with Crippen LogP contribution in [0.1, 0.15) is 25.3 Å². The Labute approximate surface area is 115 Å². The molecule has 1 aromatic rings. The Hall–Kier alpha value is -1.26. The van der Waals surface area contributed by atoms with Crippen LogP contribution in [0.3, 0.4) is 0 Å². The number of hydrogen-bond acceptors (Lipinski definition) is 4. The second-order valence-electron chi connectivity index (χ2n) is 5.42. The Morgan fingerprint density at radius 2 is 1.79 bits per heavy atom. The monoisotopic (exact) mass is 264 g/mol. The molecule has 0 aromatic heterocycles. The van der Waals surface area contributed by atoms with Crippen LogP contribution in [-0.4, -0.2) is 37.9 Å². The molecule has 0 spiro atoms. The van der Waals surface area contributed by atoms with Gasteiger partial charge in [0.1, 0.15) is 0 Å². The van der Waals surface area contributed by atoms with E-state index in [0.717, 1.165) is 31.0 Å². The van der Waals surface area contributed by atoms with E-state index in [2.05, 4.69) is 17.9 Å². The van der Waals surface area contributed by atoms with Crippen LogP contribution in [-0.2, 0) is 6.42 Å². The molecular formula is C15H24N2O2. The minimum Gasteiger partial charge on any atom is -0.493 e. The van der Waals surface area contributed by atoms with Gasteiger partial charge in [-0.2, -0.15) is 0 Å². The van der Waals surface area contributed by atoms with E-state index < -0.39 is 0 Å². The van der Waals surface area contributed by atoms with Crippen molar-refractivity contribution in [2.24, 2.45) is 5.73 Å². The Balaban J connectivity index is 2.13. The third-order valence-electron chi connectivity index (χ3n) is 3.84. The smallest absolute Gasteiger partial charge is 0.160 e. The Morgan fingerprint density at radius 3 is 2.37 bits per heavy atom. The summed E-state index contributed by atoms with van der Waals surface area (Å²) in [6, 6.07) is 6.01. The van der Waals surface area contributed by atoms with Crippen molar-refractivity contribution >= 4 is 0 Å². The molecule has 1 aliphatic heterocycles. The molecule has 1 aromatic carbocycles. The largest absolute Gasteiger partial charge is 0.493 e. The number of nitrogens with zero attached hydrogens (tertiary/aromatic N) is 1. The summed E-state index contributed by atoms with van der Waals surface area (Å²) >= 11 is 0. The number of methoxy groups -OCH3 is 2. The van der Waals surface area contributed by atoms with Gasteiger partial charge in [0.15, 0.2) is 11.5 Å². The molecule has 0 aliphatic carbocycles. The van der Waals surface area contributed by atoms with Crippen molar-refractivity contribution in [1.82, 2.24) is 4.90 Å². The van der Waals surface area contributed by atoms with Gasteiger partial charge in [-0.25, -0.2) is 0 Å². The molecule has 4 nitrogen and oxygen atoms in total. The molecule has 1 fully saturated rings. The SMILES string of the molecule is COc1ccc(CC(C)(N)N2CCCC2)cc1OC. The Morgan fingerprint density at radius 1 is 1.16 bits per heavy atom. The van der Waals surface area contributed by atoms with E-state index in [9.17, 15) is 0 Å². The van der Waals surface area contributed by atoms with Gasteiger partial charge in [0, 0.05) is 6.42 Å². The van der Waals surface area contributed by atoms with Gasteiger partial charge >= 0.3 is 0 Å². The summed E-state index contributed by atoms with van der Waals surface area (Å²) < 4.78 is 10.6. The number of hydrogen-bond donors (Lipinski definition) is 1. The molecule has 1 saturated heterocycles. The first-order valence-corrected chi connectivity index (χ1v) is 6.81. The molecule has 1 unspecified atom stereocenters. The van der Waals surface area contributed by atoms with Crippen molar-refractivity contribution in [3.63, 3.8) is 0 Å². The van der Waals surface area contributed by atoms with Crippen LogP contribution in [0.5, 0.6) is 11.5 Å². The maximum Gasteiger partial charge on any atom is 0.160 e. The van der Waals surface area contributed by atoms with E-state index in [-0.39, 0.29) is 5.66 Å². The lowest BCUT2D eigenvalue weighted by Crippen LogP contribution is -2.53. The van der Waals surface area contributed by atoms with Crippen molar-refractivity contribution in [1.29, 1.82) is 0 Å². The molecule has 4 heteroatoms. The third-order valence-corrected chi connectivity index (χ3v) is 3.84. The average Bonchev–Trinajstić information content (AvgIpc) is 2.93. The fourth-order valence-electron chi connectivity index (χ4n) is 2.74. The lowest BCUT2D eigenvalue weighted by molar-refractivity contribution is 0.141. The summed E-state index contributed by atoms with van der Waals surface area (Å²) in [6.45, 7) is 4.30. The molecule has 106 valence electrons. The highest BCUT2D eigenvalue weighted by Gasteiger charge is 2.29. The van der Waals surface area contributed by atoms with Gasteiger partial charge in [-0.1, -0.05) is 6.07 Å². The van der Waals surface area contributed by atoms with Gasteiger partial charge in [0.25, 0.3) is 0 Å².